The van der Waals surface area contributed by atoms with Gasteiger partial charge in [-0.2, -0.15) is 0 Å². The molecule has 0 unspecified atom stereocenters. The summed E-state index contributed by atoms with van der Waals surface area (Å²) >= 11 is 3.00. The number of amides is 1. The Kier molecular flexibility index (Phi) is 6.56. The third kappa shape index (κ3) is 5.38. The second-order valence-corrected chi connectivity index (χ2v) is 7.31. The first-order valence-corrected chi connectivity index (χ1v) is 9.99. The molecule has 8 heteroatoms. The number of nitrogens with zero attached hydrogens (tertiary/aromatic N) is 1. The number of thiophene rings is 1. The Morgan fingerprint density at radius 3 is 2.67 bits per heavy atom. The number of methoxy groups -OCH3 is 1. The van der Waals surface area contributed by atoms with Crippen LogP contribution in [-0.4, -0.2) is 24.0 Å². The molecule has 0 aliphatic heterocycles. The lowest BCUT2D eigenvalue weighted by Crippen LogP contribution is -2.30. The zero-order chi connectivity index (χ0) is 19.1. The number of rotatable bonds is 8. The molecule has 2 aromatic heterocycles. The molecule has 6 nitrogen and oxygen atoms in total. The van der Waals surface area contributed by atoms with E-state index in [0.717, 1.165) is 10.6 Å². The van der Waals surface area contributed by atoms with E-state index in [1.807, 2.05) is 22.9 Å². The highest BCUT2D eigenvalue weighted by atomic mass is 32.1. The zero-order valence-electron chi connectivity index (χ0n) is 14.6. The molecule has 1 amide bonds. The van der Waals surface area contributed by atoms with Crippen molar-refractivity contribution in [3.63, 3.8) is 0 Å². The minimum Gasteiger partial charge on any atom is -0.487 e. The number of carbonyl (C=O) groups is 2. The smallest absolute Gasteiger partial charge is 0.307 e. The van der Waals surface area contributed by atoms with Gasteiger partial charge in [-0.15, -0.1) is 22.7 Å². The lowest BCUT2D eigenvalue weighted by Gasteiger charge is -2.16. The Balaban J connectivity index is 1.62. The summed E-state index contributed by atoms with van der Waals surface area (Å²) in [5, 5.41) is 6.72. The van der Waals surface area contributed by atoms with Crippen molar-refractivity contribution in [2.24, 2.45) is 0 Å². The minimum atomic E-state index is -0.425. The Hall–Kier alpha value is -2.71. The summed E-state index contributed by atoms with van der Waals surface area (Å²) in [7, 11) is 1.33. The van der Waals surface area contributed by atoms with Crippen molar-refractivity contribution in [2.75, 3.05) is 7.11 Å². The van der Waals surface area contributed by atoms with Crippen LogP contribution in [-0.2, 0) is 16.1 Å². The third-order valence-corrected chi connectivity index (χ3v) is 5.40. The summed E-state index contributed by atoms with van der Waals surface area (Å²) < 4.78 is 10.4. The molecule has 2 heterocycles. The summed E-state index contributed by atoms with van der Waals surface area (Å²) in [5.74, 6) is 0.0201. The van der Waals surface area contributed by atoms with Gasteiger partial charge in [-0.25, -0.2) is 4.98 Å². The van der Waals surface area contributed by atoms with Crippen molar-refractivity contribution < 1.29 is 19.1 Å². The highest BCUT2D eigenvalue weighted by Crippen LogP contribution is 2.23. The van der Waals surface area contributed by atoms with E-state index >= 15 is 0 Å². The quantitative estimate of drug-likeness (QED) is 0.580. The normalized spacial score (nSPS) is 11.6. The van der Waals surface area contributed by atoms with E-state index < -0.39 is 6.04 Å². The molecule has 0 radical (unpaired) electrons. The van der Waals surface area contributed by atoms with Crippen LogP contribution in [0.25, 0.3) is 0 Å². The van der Waals surface area contributed by atoms with Crippen molar-refractivity contribution in [1.82, 2.24) is 10.3 Å². The molecule has 0 aliphatic carbocycles. The molecule has 0 saturated carbocycles. The van der Waals surface area contributed by atoms with Crippen LogP contribution >= 0.6 is 22.7 Å². The van der Waals surface area contributed by atoms with Crippen LogP contribution < -0.4 is 10.1 Å². The van der Waals surface area contributed by atoms with Crippen LogP contribution in [0.15, 0.2) is 52.7 Å². The van der Waals surface area contributed by atoms with E-state index in [2.05, 4.69) is 10.3 Å². The van der Waals surface area contributed by atoms with Gasteiger partial charge in [0.05, 0.1) is 30.8 Å². The Morgan fingerprint density at radius 2 is 2.04 bits per heavy atom. The molecular formula is C19H18N2O4S2. The number of hydrogen-bond acceptors (Lipinski definition) is 7. The number of aromatic nitrogens is 1. The average molecular weight is 402 g/mol. The van der Waals surface area contributed by atoms with Crippen LogP contribution in [0.1, 0.15) is 33.4 Å². The predicted molar refractivity (Wildman–Crippen MR) is 104 cm³/mol. The largest absolute Gasteiger partial charge is 0.487 e. The number of benzene rings is 1. The van der Waals surface area contributed by atoms with E-state index in [-0.39, 0.29) is 18.3 Å². The first kappa shape index (κ1) is 19.1. The lowest BCUT2D eigenvalue weighted by atomic mass is 10.1. The summed E-state index contributed by atoms with van der Waals surface area (Å²) in [4.78, 5) is 29.3. The number of thiazole rings is 1. The molecule has 27 heavy (non-hydrogen) atoms. The summed E-state index contributed by atoms with van der Waals surface area (Å²) in [6.45, 7) is 0.384. The molecule has 0 spiro atoms. The monoisotopic (exact) mass is 402 g/mol. The van der Waals surface area contributed by atoms with Gasteiger partial charge in [0.15, 0.2) is 0 Å². The molecule has 0 aliphatic rings. The Labute approximate surface area is 164 Å². The predicted octanol–water partition coefficient (Wildman–Crippen LogP) is 3.82. The van der Waals surface area contributed by atoms with Gasteiger partial charge in [0.1, 0.15) is 12.4 Å². The van der Waals surface area contributed by atoms with Crippen LogP contribution in [0.5, 0.6) is 5.75 Å². The van der Waals surface area contributed by atoms with Crippen molar-refractivity contribution in [3.05, 3.63) is 68.8 Å². The van der Waals surface area contributed by atoms with Gasteiger partial charge in [0, 0.05) is 15.8 Å². The van der Waals surface area contributed by atoms with Crippen molar-refractivity contribution in [1.29, 1.82) is 0 Å². The fourth-order valence-corrected chi connectivity index (χ4v) is 3.69. The molecule has 1 N–H and O–H groups in total. The maximum Gasteiger partial charge on any atom is 0.307 e. The number of ether oxygens (including phenoxy) is 2. The first-order chi connectivity index (χ1) is 13.2. The number of nitrogens with one attached hydrogen (secondary N) is 1. The minimum absolute atomic E-state index is 0.0809. The van der Waals surface area contributed by atoms with E-state index in [1.165, 1.54) is 29.8 Å². The molecule has 0 bridgehead atoms. The van der Waals surface area contributed by atoms with E-state index in [4.69, 9.17) is 9.47 Å². The second kappa shape index (κ2) is 9.29. The SMILES string of the molecule is COC(=O)C[C@H](NC(=O)c1ccc(OCc2cscn2)cc1)c1cccs1. The molecule has 1 atom stereocenters. The highest BCUT2D eigenvalue weighted by molar-refractivity contribution is 7.10. The van der Waals surface area contributed by atoms with Crippen LogP contribution in [0.2, 0.25) is 0 Å². The topological polar surface area (TPSA) is 77.5 Å². The molecule has 3 aromatic rings. The molecule has 140 valence electrons. The molecule has 1 aromatic carbocycles. The van der Waals surface area contributed by atoms with Crippen LogP contribution in [0.4, 0.5) is 0 Å². The summed E-state index contributed by atoms with van der Waals surface area (Å²) in [6, 6.07) is 10.2. The summed E-state index contributed by atoms with van der Waals surface area (Å²) in [5.41, 5.74) is 3.11. The standard InChI is InChI=1S/C19H18N2O4S2/c1-24-18(22)9-16(17-3-2-8-27-17)21-19(23)13-4-6-15(7-5-13)25-10-14-11-26-12-20-14/h2-8,11-12,16H,9-10H2,1H3,(H,21,23)/t16-/m0/s1. The van der Waals surface area contributed by atoms with Gasteiger partial charge in [-0.1, -0.05) is 6.07 Å². The summed E-state index contributed by atoms with van der Waals surface area (Å²) in [6.07, 6.45) is 0.0809. The van der Waals surface area contributed by atoms with Crippen molar-refractivity contribution in [2.45, 2.75) is 19.1 Å². The molecule has 0 fully saturated rings. The van der Waals surface area contributed by atoms with E-state index in [9.17, 15) is 9.59 Å². The van der Waals surface area contributed by atoms with Gasteiger partial charge < -0.3 is 14.8 Å². The second-order valence-electron chi connectivity index (χ2n) is 5.61. The van der Waals surface area contributed by atoms with Gasteiger partial charge in [0.2, 0.25) is 0 Å². The first-order valence-electron chi connectivity index (χ1n) is 8.16. The highest BCUT2D eigenvalue weighted by Gasteiger charge is 2.20. The molecule has 0 saturated heterocycles. The van der Waals surface area contributed by atoms with Crippen LogP contribution in [0.3, 0.4) is 0 Å². The maximum absolute atomic E-state index is 12.6. The third-order valence-electron chi connectivity index (χ3n) is 3.78. The van der Waals surface area contributed by atoms with Crippen molar-refractivity contribution >= 4 is 34.6 Å². The van der Waals surface area contributed by atoms with Gasteiger partial charge in [-0.05, 0) is 35.7 Å². The Bertz CT molecular complexity index is 862. The van der Waals surface area contributed by atoms with Crippen molar-refractivity contribution in [3.8, 4) is 5.75 Å². The zero-order valence-corrected chi connectivity index (χ0v) is 16.2. The van der Waals surface area contributed by atoms with Gasteiger partial charge >= 0.3 is 5.97 Å². The van der Waals surface area contributed by atoms with Crippen LogP contribution in [0, 0.1) is 0 Å². The lowest BCUT2D eigenvalue weighted by molar-refractivity contribution is -0.141. The van der Waals surface area contributed by atoms with Gasteiger partial charge in [0.25, 0.3) is 5.91 Å². The molecular weight excluding hydrogens is 384 g/mol. The fourth-order valence-electron chi connectivity index (χ4n) is 2.37. The maximum atomic E-state index is 12.6. The number of hydrogen-bond donors (Lipinski definition) is 1. The molecule has 3 rings (SSSR count). The Morgan fingerprint density at radius 1 is 1.22 bits per heavy atom. The van der Waals surface area contributed by atoms with E-state index in [1.54, 1.807) is 29.8 Å². The fraction of sp³-hybridized carbons (Fsp3) is 0.211. The number of esters is 1. The van der Waals surface area contributed by atoms with Gasteiger partial charge in [-0.3, -0.25) is 9.59 Å². The van der Waals surface area contributed by atoms with E-state index in [0.29, 0.717) is 17.9 Å². The average Bonchev–Trinajstić information content (AvgIpc) is 3.40. The number of carbonyl (C=O) groups excluding carboxylic acids is 2.